The fourth-order valence-electron chi connectivity index (χ4n) is 1.59. The first-order chi connectivity index (χ1) is 8.41. The number of halogens is 5. The summed E-state index contributed by atoms with van der Waals surface area (Å²) in [6, 6.07) is 6.58. The van der Waals surface area contributed by atoms with E-state index in [0.29, 0.717) is 0 Å². The van der Waals surface area contributed by atoms with E-state index in [1.54, 1.807) is 0 Å². The van der Waals surface area contributed by atoms with E-state index < -0.39 is 11.7 Å². The Hall–Kier alpha value is -1.26. The molecule has 2 aromatic rings. The van der Waals surface area contributed by atoms with Crippen LogP contribution in [-0.2, 0) is 6.18 Å². The second-order valence-corrected chi connectivity index (χ2v) is 4.24. The van der Waals surface area contributed by atoms with Crippen LogP contribution >= 0.6 is 23.2 Å². The van der Waals surface area contributed by atoms with Crippen LogP contribution in [0, 0.1) is 0 Å². The first-order valence-electron chi connectivity index (χ1n) is 4.88. The molecule has 94 valence electrons. The fourth-order valence-corrected chi connectivity index (χ4v) is 1.96. The Balaban J connectivity index is 2.69. The van der Waals surface area contributed by atoms with Crippen LogP contribution in [0.2, 0.25) is 10.2 Å². The molecule has 0 amide bonds. The number of nitrogens with zero attached hydrogens (tertiary/aromatic N) is 1. The molecule has 0 saturated heterocycles. The SMILES string of the molecule is FC(F)(F)c1ccccc1-c1ccnc(Cl)c1Cl. The number of alkyl halides is 3. The molecule has 1 nitrogen and oxygen atoms in total. The highest BCUT2D eigenvalue weighted by molar-refractivity contribution is 6.43. The van der Waals surface area contributed by atoms with Gasteiger partial charge in [-0.3, -0.25) is 0 Å². The van der Waals surface area contributed by atoms with Crippen LogP contribution in [0.15, 0.2) is 36.5 Å². The summed E-state index contributed by atoms with van der Waals surface area (Å²) in [4.78, 5) is 3.71. The smallest absolute Gasteiger partial charge is 0.243 e. The van der Waals surface area contributed by atoms with Crippen LogP contribution in [0.3, 0.4) is 0 Å². The van der Waals surface area contributed by atoms with Crippen LogP contribution in [0.1, 0.15) is 5.56 Å². The lowest BCUT2D eigenvalue weighted by Crippen LogP contribution is -2.07. The van der Waals surface area contributed by atoms with Gasteiger partial charge in [-0.25, -0.2) is 4.98 Å². The zero-order valence-electron chi connectivity index (χ0n) is 8.80. The Labute approximate surface area is 111 Å². The molecule has 1 aromatic carbocycles. The topological polar surface area (TPSA) is 12.9 Å². The van der Waals surface area contributed by atoms with Gasteiger partial charge in [0.05, 0.1) is 10.6 Å². The highest BCUT2D eigenvalue weighted by Gasteiger charge is 2.33. The highest BCUT2D eigenvalue weighted by Crippen LogP contribution is 2.40. The Morgan fingerprint density at radius 2 is 1.61 bits per heavy atom. The average molecular weight is 292 g/mol. The third-order valence-electron chi connectivity index (χ3n) is 2.37. The summed E-state index contributed by atoms with van der Waals surface area (Å²) >= 11 is 11.6. The van der Waals surface area contributed by atoms with Crippen LogP contribution < -0.4 is 0 Å². The third-order valence-corrected chi connectivity index (χ3v) is 3.14. The summed E-state index contributed by atoms with van der Waals surface area (Å²) in [5, 5.41) is -0.0120. The van der Waals surface area contributed by atoms with E-state index >= 15 is 0 Å². The van der Waals surface area contributed by atoms with Crippen molar-refractivity contribution in [3.63, 3.8) is 0 Å². The summed E-state index contributed by atoms with van der Waals surface area (Å²) in [7, 11) is 0. The predicted molar refractivity (Wildman–Crippen MR) is 64.7 cm³/mol. The van der Waals surface area contributed by atoms with E-state index in [9.17, 15) is 13.2 Å². The Kier molecular flexibility index (Phi) is 3.50. The van der Waals surface area contributed by atoms with Crippen molar-refractivity contribution in [2.45, 2.75) is 6.18 Å². The molecule has 6 heteroatoms. The molecule has 0 fully saturated rings. The monoisotopic (exact) mass is 291 g/mol. The number of benzene rings is 1. The van der Waals surface area contributed by atoms with Crippen LogP contribution in [0.5, 0.6) is 0 Å². The second kappa shape index (κ2) is 4.78. The summed E-state index contributed by atoms with van der Waals surface area (Å²) in [6.07, 6.45) is -3.13. The number of pyridine rings is 1. The first-order valence-corrected chi connectivity index (χ1v) is 5.63. The molecule has 0 bridgehead atoms. The zero-order valence-corrected chi connectivity index (χ0v) is 10.3. The van der Waals surface area contributed by atoms with Gasteiger partial charge in [-0.15, -0.1) is 0 Å². The maximum atomic E-state index is 12.9. The number of aromatic nitrogens is 1. The highest BCUT2D eigenvalue weighted by atomic mass is 35.5. The Bertz CT molecular complexity index is 582. The maximum absolute atomic E-state index is 12.9. The van der Waals surface area contributed by atoms with E-state index in [1.807, 2.05) is 0 Å². The summed E-state index contributed by atoms with van der Waals surface area (Å²) < 4.78 is 38.6. The van der Waals surface area contributed by atoms with Crippen molar-refractivity contribution >= 4 is 23.2 Å². The molecule has 0 spiro atoms. The largest absolute Gasteiger partial charge is 0.417 e. The van der Waals surface area contributed by atoms with Crippen LogP contribution in [0.4, 0.5) is 13.2 Å². The third kappa shape index (κ3) is 2.44. The maximum Gasteiger partial charge on any atom is 0.417 e. The van der Waals surface area contributed by atoms with Gasteiger partial charge in [-0.2, -0.15) is 13.2 Å². The minimum Gasteiger partial charge on any atom is -0.243 e. The van der Waals surface area contributed by atoms with Crippen molar-refractivity contribution in [3.05, 3.63) is 52.3 Å². The van der Waals surface area contributed by atoms with Gasteiger partial charge in [-0.1, -0.05) is 41.4 Å². The Morgan fingerprint density at radius 3 is 2.28 bits per heavy atom. The fraction of sp³-hybridized carbons (Fsp3) is 0.0833. The molecular formula is C12H6Cl2F3N. The average Bonchev–Trinajstić information content (AvgIpc) is 2.32. The van der Waals surface area contributed by atoms with Crippen molar-refractivity contribution in [2.75, 3.05) is 0 Å². The van der Waals surface area contributed by atoms with E-state index in [1.165, 1.54) is 30.5 Å². The zero-order chi connectivity index (χ0) is 13.3. The number of rotatable bonds is 1. The normalized spacial score (nSPS) is 11.6. The standard InChI is InChI=1S/C12H6Cl2F3N/c13-10-8(5-6-18-11(10)14)7-3-1-2-4-9(7)12(15,16)17/h1-6H. The molecule has 2 rings (SSSR count). The van der Waals surface area contributed by atoms with Gasteiger partial charge in [0.2, 0.25) is 0 Å². The van der Waals surface area contributed by atoms with E-state index in [2.05, 4.69) is 4.98 Å². The molecule has 0 aliphatic carbocycles. The first kappa shape index (κ1) is 13.2. The minimum atomic E-state index is -4.45. The second-order valence-electron chi connectivity index (χ2n) is 3.51. The molecule has 0 aliphatic heterocycles. The van der Waals surface area contributed by atoms with Gasteiger partial charge in [0.15, 0.2) is 0 Å². The lowest BCUT2D eigenvalue weighted by Gasteiger charge is -2.13. The van der Waals surface area contributed by atoms with Crippen molar-refractivity contribution in [2.24, 2.45) is 0 Å². The number of hydrogen-bond acceptors (Lipinski definition) is 1. The summed E-state index contributed by atoms with van der Waals surface area (Å²) in [5.41, 5.74) is -0.557. The molecule has 0 atom stereocenters. The molecule has 0 radical (unpaired) electrons. The quantitative estimate of drug-likeness (QED) is 0.668. The molecule has 0 unspecified atom stereocenters. The van der Waals surface area contributed by atoms with Crippen molar-refractivity contribution < 1.29 is 13.2 Å². The van der Waals surface area contributed by atoms with Crippen LogP contribution in [-0.4, -0.2) is 4.98 Å². The van der Waals surface area contributed by atoms with Gasteiger partial charge >= 0.3 is 6.18 Å². The van der Waals surface area contributed by atoms with Crippen molar-refractivity contribution in [3.8, 4) is 11.1 Å². The van der Waals surface area contributed by atoms with Crippen molar-refractivity contribution in [1.82, 2.24) is 4.98 Å². The van der Waals surface area contributed by atoms with Gasteiger partial charge < -0.3 is 0 Å². The molecular weight excluding hydrogens is 286 g/mol. The van der Waals surface area contributed by atoms with Gasteiger partial charge in [-0.05, 0) is 17.7 Å². The molecule has 1 heterocycles. The molecule has 18 heavy (non-hydrogen) atoms. The Morgan fingerprint density at radius 1 is 0.944 bits per heavy atom. The lowest BCUT2D eigenvalue weighted by molar-refractivity contribution is -0.137. The van der Waals surface area contributed by atoms with Gasteiger partial charge in [0, 0.05) is 11.8 Å². The molecule has 0 aliphatic rings. The van der Waals surface area contributed by atoms with Crippen molar-refractivity contribution in [1.29, 1.82) is 0 Å². The molecule has 0 saturated carbocycles. The number of hydrogen-bond donors (Lipinski definition) is 0. The molecule has 0 N–H and O–H groups in total. The van der Waals surface area contributed by atoms with Gasteiger partial charge in [0.1, 0.15) is 5.15 Å². The van der Waals surface area contributed by atoms with E-state index in [-0.39, 0.29) is 21.3 Å². The lowest BCUT2D eigenvalue weighted by atomic mass is 10.0. The minimum absolute atomic E-state index is 0.0101. The van der Waals surface area contributed by atoms with Gasteiger partial charge in [0.25, 0.3) is 0 Å². The summed E-state index contributed by atoms with van der Waals surface area (Å²) in [6.45, 7) is 0. The predicted octanol–water partition coefficient (Wildman–Crippen LogP) is 5.07. The van der Waals surface area contributed by atoms with E-state index in [0.717, 1.165) is 6.07 Å². The van der Waals surface area contributed by atoms with Crippen LogP contribution in [0.25, 0.3) is 11.1 Å². The van der Waals surface area contributed by atoms with E-state index in [4.69, 9.17) is 23.2 Å². The summed E-state index contributed by atoms with van der Waals surface area (Å²) in [5.74, 6) is 0. The molecule has 1 aromatic heterocycles.